The van der Waals surface area contributed by atoms with Gasteiger partial charge in [0.05, 0.1) is 0 Å². The fourth-order valence-electron chi connectivity index (χ4n) is 9.19. The van der Waals surface area contributed by atoms with Crippen LogP contribution in [-0.2, 0) is 29.2 Å². The second-order valence-corrected chi connectivity index (χ2v) is 13.4. The molecule has 0 atom stereocenters. The highest BCUT2D eigenvalue weighted by Crippen LogP contribution is 2.58. The van der Waals surface area contributed by atoms with E-state index in [0.717, 1.165) is 77.0 Å². The van der Waals surface area contributed by atoms with E-state index in [9.17, 15) is 22.6 Å². The fourth-order valence-corrected chi connectivity index (χ4v) is 9.77. The first-order chi connectivity index (χ1) is 14.6. The minimum absolute atomic E-state index is 0.502. The maximum Gasteiger partial charge on any atom is 0.339 e. The highest BCUT2D eigenvalue weighted by Gasteiger charge is 2.57. The van der Waals surface area contributed by atoms with Crippen LogP contribution in [0, 0.1) is 35.5 Å². The van der Waals surface area contributed by atoms with Crippen LogP contribution in [0.4, 0.5) is 0 Å². The Balaban J connectivity index is 1.21. The summed E-state index contributed by atoms with van der Waals surface area (Å²) in [6, 6.07) is 0. The van der Waals surface area contributed by atoms with Crippen molar-refractivity contribution in [1.82, 2.24) is 0 Å². The van der Waals surface area contributed by atoms with E-state index in [1.54, 1.807) is 0 Å². The third kappa shape index (κ3) is 3.52. The van der Waals surface area contributed by atoms with E-state index >= 15 is 0 Å². The van der Waals surface area contributed by atoms with Gasteiger partial charge in [0.2, 0.25) is 0 Å². The zero-order chi connectivity index (χ0) is 21.6. The van der Waals surface area contributed by atoms with Crippen LogP contribution in [0.15, 0.2) is 0 Å². The molecule has 0 radical (unpaired) electrons. The molecule has 7 nitrogen and oxygen atoms in total. The first kappa shape index (κ1) is 20.5. The molecular formula is C23H32O7S. The summed E-state index contributed by atoms with van der Waals surface area (Å²) in [7, 11) is -4.98. The molecule has 0 spiro atoms. The Bertz CT molecular complexity index is 778. The van der Waals surface area contributed by atoms with Gasteiger partial charge in [0.1, 0.15) is 11.2 Å². The zero-order valence-corrected chi connectivity index (χ0v) is 18.6. The van der Waals surface area contributed by atoms with E-state index < -0.39 is 38.5 Å². The summed E-state index contributed by atoms with van der Waals surface area (Å²) < 4.78 is 45.7. The van der Waals surface area contributed by atoms with Crippen LogP contribution in [0.25, 0.3) is 0 Å². The third-order valence-electron chi connectivity index (χ3n) is 9.32. The van der Waals surface area contributed by atoms with Gasteiger partial charge in [-0.25, -0.2) is 9.59 Å². The first-order valence-electron chi connectivity index (χ1n) is 12.0. The van der Waals surface area contributed by atoms with Crippen LogP contribution in [0.1, 0.15) is 77.0 Å². The SMILES string of the molecule is O=C(OC12CC3CC(CC(C3)C1)C2)C(C(=O)OC12CC3CC(CC(C3)C1)C2)S(=O)(=O)O. The summed E-state index contributed by atoms with van der Waals surface area (Å²) in [6.45, 7) is 0. The van der Waals surface area contributed by atoms with Crippen LogP contribution >= 0.6 is 0 Å². The summed E-state index contributed by atoms with van der Waals surface area (Å²) in [6.07, 6.45) is 11.2. The smallest absolute Gasteiger partial charge is 0.339 e. The monoisotopic (exact) mass is 452 g/mol. The van der Waals surface area contributed by atoms with Crippen molar-refractivity contribution < 1.29 is 32.0 Å². The highest BCUT2D eigenvalue weighted by atomic mass is 32.2. The fraction of sp³-hybridized carbons (Fsp3) is 0.913. The molecule has 0 aromatic carbocycles. The van der Waals surface area contributed by atoms with Crippen LogP contribution in [0.3, 0.4) is 0 Å². The maximum atomic E-state index is 13.0. The Morgan fingerprint density at radius 3 is 1.13 bits per heavy atom. The molecule has 0 aliphatic heterocycles. The molecule has 0 aromatic rings. The standard InChI is InChI=1S/C23H32O7S/c24-20(29-22-7-13-1-14(8-22)3-15(2-13)9-22)19(31(26,27)28)21(25)30-23-10-16-4-17(11-23)6-18(5-16)12-23/h13-19H,1-12H2,(H,26,27,28). The second kappa shape index (κ2) is 6.69. The molecule has 31 heavy (non-hydrogen) atoms. The predicted octanol–water partition coefficient (Wildman–Crippen LogP) is 3.27. The van der Waals surface area contributed by atoms with Gasteiger partial charge in [-0.2, -0.15) is 8.42 Å². The van der Waals surface area contributed by atoms with Gasteiger partial charge >= 0.3 is 11.9 Å². The average molecular weight is 453 g/mol. The number of hydrogen-bond donors (Lipinski definition) is 1. The van der Waals surface area contributed by atoms with Crippen molar-refractivity contribution in [2.24, 2.45) is 35.5 Å². The number of rotatable bonds is 5. The minimum Gasteiger partial charge on any atom is -0.458 e. The molecule has 0 amide bonds. The summed E-state index contributed by atoms with van der Waals surface area (Å²) in [5.41, 5.74) is -1.37. The van der Waals surface area contributed by atoms with E-state index in [4.69, 9.17) is 9.47 Å². The summed E-state index contributed by atoms with van der Waals surface area (Å²) in [4.78, 5) is 26.1. The summed E-state index contributed by atoms with van der Waals surface area (Å²) >= 11 is 0. The number of carbonyl (C=O) groups excluding carboxylic acids is 2. The molecule has 0 heterocycles. The normalized spacial score (nSPS) is 47.9. The molecular weight excluding hydrogens is 420 g/mol. The largest absolute Gasteiger partial charge is 0.458 e. The van der Waals surface area contributed by atoms with Crippen LogP contribution in [0.5, 0.6) is 0 Å². The molecule has 8 rings (SSSR count). The van der Waals surface area contributed by atoms with Crippen molar-refractivity contribution in [3.63, 3.8) is 0 Å². The molecule has 0 unspecified atom stereocenters. The molecule has 0 aromatic heterocycles. The Kier molecular flexibility index (Phi) is 4.41. The number of ether oxygens (including phenoxy) is 2. The van der Waals surface area contributed by atoms with Crippen molar-refractivity contribution in [1.29, 1.82) is 0 Å². The molecule has 8 heteroatoms. The van der Waals surface area contributed by atoms with Gasteiger partial charge in [-0.1, -0.05) is 0 Å². The van der Waals surface area contributed by atoms with Gasteiger partial charge in [-0.3, -0.25) is 4.55 Å². The summed E-state index contributed by atoms with van der Waals surface area (Å²) in [5.74, 6) is 0.705. The molecule has 0 saturated heterocycles. The Morgan fingerprint density at radius 2 is 0.903 bits per heavy atom. The van der Waals surface area contributed by atoms with Crippen LogP contribution in [0.2, 0.25) is 0 Å². The Hall–Kier alpha value is -1.15. The number of hydrogen-bond acceptors (Lipinski definition) is 6. The van der Waals surface area contributed by atoms with E-state index in [1.807, 2.05) is 0 Å². The molecule has 8 fully saturated rings. The lowest BCUT2D eigenvalue weighted by Gasteiger charge is -2.56. The Morgan fingerprint density at radius 1 is 0.645 bits per heavy atom. The third-order valence-corrected chi connectivity index (χ3v) is 10.3. The second-order valence-electron chi connectivity index (χ2n) is 11.9. The molecule has 172 valence electrons. The lowest BCUT2D eigenvalue weighted by Crippen LogP contribution is -2.57. The molecule has 8 aliphatic rings. The predicted molar refractivity (Wildman–Crippen MR) is 109 cm³/mol. The van der Waals surface area contributed by atoms with Gasteiger partial charge in [-0.15, -0.1) is 0 Å². The van der Waals surface area contributed by atoms with Gasteiger partial charge in [0.15, 0.2) is 0 Å². The minimum atomic E-state index is -4.98. The van der Waals surface area contributed by atoms with Gasteiger partial charge in [0.25, 0.3) is 15.4 Å². The van der Waals surface area contributed by atoms with Crippen molar-refractivity contribution in [2.75, 3.05) is 0 Å². The number of carbonyl (C=O) groups is 2. The highest BCUT2D eigenvalue weighted by molar-refractivity contribution is 7.88. The molecule has 1 N–H and O–H groups in total. The van der Waals surface area contributed by atoms with Gasteiger partial charge in [0, 0.05) is 0 Å². The summed E-state index contributed by atoms with van der Waals surface area (Å²) in [5, 5.41) is -2.30. The molecule has 8 saturated carbocycles. The van der Waals surface area contributed by atoms with Crippen LogP contribution in [-0.4, -0.2) is 41.4 Å². The van der Waals surface area contributed by atoms with E-state index in [1.165, 1.54) is 0 Å². The lowest BCUT2D eigenvalue weighted by molar-refractivity contribution is -0.196. The lowest BCUT2D eigenvalue weighted by atomic mass is 9.54. The first-order valence-corrected chi connectivity index (χ1v) is 13.5. The van der Waals surface area contributed by atoms with E-state index in [-0.39, 0.29) is 0 Å². The Labute approximate surface area is 183 Å². The van der Waals surface area contributed by atoms with Crippen LogP contribution < -0.4 is 0 Å². The topological polar surface area (TPSA) is 107 Å². The van der Waals surface area contributed by atoms with Crippen molar-refractivity contribution in [3.05, 3.63) is 0 Å². The van der Waals surface area contributed by atoms with Gasteiger partial charge in [-0.05, 0) is 113 Å². The maximum absolute atomic E-state index is 13.0. The zero-order valence-electron chi connectivity index (χ0n) is 17.8. The quantitative estimate of drug-likeness (QED) is 0.387. The average Bonchev–Trinajstić information content (AvgIpc) is 2.56. The number of esters is 2. The van der Waals surface area contributed by atoms with Crippen molar-refractivity contribution in [3.8, 4) is 0 Å². The van der Waals surface area contributed by atoms with Crippen molar-refractivity contribution >= 4 is 22.1 Å². The van der Waals surface area contributed by atoms with E-state index in [0.29, 0.717) is 35.5 Å². The van der Waals surface area contributed by atoms with Crippen molar-refractivity contribution in [2.45, 2.75) is 93.5 Å². The molecule has 8 bridgehead atoms. The molecule has 8 aliphatic carbocycles. The van der Waals surface area contributed by atoms with E-state index in [2.05, 4.69) is 0 Å². The van der Waals surface area contributed by atoms with Gasteiger partial charge < -0.3 is 9.47 Å².